The van der Waals surface area contributed by atoms with Crippen LogP contribution < -0.4 is 4.90 Å². The third kappa shape index (κ3) is 2.98. The van der Waals surface area contributed by atoms with Crippen LogP contribution in [0.25, 0.3) is 0 Å². The number of rotatable bonds is 5. The molecule has 0 fully saturated rings. The summed E-state index contributed by atoms with van der Waals surface area (Å²) in [5.74, 6) is -0.163. The summed E-state index contributed by atoms with van der Waals surface area (Å²) in [5, 5.41) is 19.9. The Kier molecular flexibility index (Phi) is 4.67. The number of nitro benzene ring substituents is 1. The van der Waals surface area contributed by atoms with Gasteiger partial charge in [0.15, 0.2) is 0 Å². The van der Waals surface area contributed by atoms with Crippen LogP contribution >= 0.6 is 0 Å². The maximum absolute atomic E-state index is 11.1. The standard InChI is InChI=1S/C13H17N3O2/c1-4-15(9-10(2)8-14)13-11(3)6-5-7-12(13)16(17)18/h5-7,10H,4,9H2,1-3H3. The smallest absolute Gasteiger partial charge is 0.292 e. The maximum Gasteiger partial charge on any atom is 0.292 e. The molecule has 1 unspecified atom stereocenters. The second-order valence-electron chi connectivity index (χ2n) is 4.27. The monoisotopic (exact) mass is 247 g/mol. The number of hydrogen-bond acceptors (Lipinski definition) is 4. The lowest BCUT2D eigenvalue weighted by Gasteiger charge is -2.25. The summed E-state index contributed by atoms with van der Waals surface area (Å²) in [7, 11) is 0. The summed E-state index contributed by atoms with van der Waals surface area (Å²) < 4.78 is 0. The minimum absolute atomic E-state index is 0.0991. The first-order chi connectivity index (χ1) is 8.51. The highest BCUT2D eigenvalue weighted by molar-refractivity contribution is 5.67. The highest BCUT2D eigenvalue weighted by Crippen LogP contribution is 2.31. The van der Waals surface area contributed by atoms with Gasteiger partial charge in [-0.2, -0.15) is 5.26 Å². The predicted octanol–water partition coefficient (Wildman–Crippen LogP) is 2.89. The molecule has 96 valence electrons. The minimum Gasteiger partial charge on any atom is -0.365 e. The largest absolute Gasteiger partial charge is 0.365 e. The number of para-hydroxylation sites is 1. The van der Waals surface area contributed by atoms with Gasteiger partial charge in [-0.1, -0.05) is 12.1 Å². The molecule has 0 aromatic heterocycles. The van der Waals surface area contributed by atoms with Crippen molar-refractivity contribution in [2.45, 2.75) is 20.8 Å². The zero-order chi connectivity index (χ0) is 13.7. The molecule has 0 spiro atoms. The van der Waals surface area contributed by atoms with E-state index in [1.54, 1.807) is 6.07 Å². The molecule has 0 heterocycles. The molecule has 1 aromatic carbocycles. The summed E-state index contributed by atoms with van der Waals surface area (Å²) >= 11 is 0. The predicted molar refractivity (Wildman–Crippen MR) is 70.5 cm³/mol. The second-order valence-corrected chi connectivity index (χ2v) is 4.27. The average Bonchev–Trinajstić information content (AvgIpc) is 2.35. The zero-order valence-electron chi connectivity index (χ0n) is 10.9. The summed E-state index contributed by atoms with van der Waals surface area (Å²) in [6, 6.07) is 7.19. The lowest BCUT2D eigenvalue weighted by molar-refractivity contribution is -0.384. The number of hydrogen-bond donors (Lipinski definition) is 0. The van der Waals surface area contributed by atoms with Gasteiger partial charge in [-0.25, -0.2) is 0 Å². The Labute approximate surface area is 107 Å². The third-order valence-electron chi connectivity index (χ3n) is 2.83. The molecule has 0 amide bonds. The molecule has 1 atom stereocenters. The van der Waals surface area contributed by atoms with Crippen molar-refractivity contribution in [2.24, 2.45) is 5.92 Å². The van der Waals surface area contributed by atoms with Gasteiger partial charge < -0.3 is 4.90 Å². The van der Waals surface area contributed by atoms with E-state index in [2.05, 4.69) is 6.07 Å². The molecular weight excluding hydrogens is 230 g/mol. The van der Waals surface area contributed by atoms with Gasteiger partial charge in [-0.15, -0.1) is 0 Å². The van der Waals surface area contributed by atoms with E-state index in [4.69, 9.17) is 5.26 Å². The molecule has 1 rings (SSSR count). The SMILES string of the molecule is CCN(CC(C)C#N)c1c(C)cccc1[N+](=O)[O-]. The van der Waals surface area contributed by atoms with Crippen molar-refractivity contribution in [2.75, 3.05) is 18.0 Å². The fraction of sp³-hybridized carbons (Fsp3) is 0.462. The van der Waals surface area contributed by atoms with E-state index in [1.807, 2.05) is 31.7 Å². The lowest BCUT2D eigenvalue weighted by atomic mass is 10.1. The molecule has 0 saturated carbocycles. The summed E-state index contributed by atoms with van der Waals surface area (Å²) in [4.78, 5) is 12.6. The van der Waals surface area contributed by atoms with Crippen LogP contribution in [-0.2, 0) is 0 Å². The number of benzene rings is 1. The first-order valence-electron chi connectivity index (χ1n) is 5.89. The molecule has 0 aliphatic rings. The Balaban J connectivity index is 3.20. The van der Waals surface area contributed by atoms with Gasteiger partial charge in [-0.3, -0.25) is 10.1 Å². The molecule has 18 heavy (non-hydrogen) atoms. The van der Waals surface area contributed by atoms with E-state index in [-0.39, 0.29) is 16.5 Å². The highest BCUT2D eigenvalue weighted by Gasteiger charge is 2.21. The Morgan fingerprint density at radius 1 is 1.56 bits per heavy atom. The number of nitriles is 1. The second kappa shape index (κ2) is 6.01. The molecule has 0 bridgehead atoms. The van der Waals surface area contributed by atoms with Crippen LogP contribution in [0.4, 0.5) is 11.4 Å². The fourth-order valence-electron chi connectivity index (χ4n) is 1.95. The van der Waals surface area contributed by atoms with Gasteiger partial charge in [0.1, 0.15) is 5.69 Å². The Bertz CT molecular complexity index is 480. The lowest BCUT2D eigenvalue weighted by Crippen LogP contribution is -2.29. The Morgan fingerprint density at radius 3 is 2.72 bits per heavy atom. The van der Waals surface area contributed by atoms with E-state index in [1.165, 1.54) is 6.07 Å². The molecule has 0 N–H and O–H groups in total. The number of anilines is 1. The molecule has 0 aliphatic carbocycles. The van der Waals surface area contributed by atoms with E-state index in [0.717, 1.165) is 5.56 Å². The summed E-state index contributed by atoms with van der Waals surface area (Å²) in [5.41, 5.74) is 1.57. The molecule has 5 nitrogen and oxygen atoms in total. The molecule has 5 heteroatoms. The average molecular weight is 247 g/mol. The van der Waals surface area contributed by atoms with Crippen molar-refractivity contribution in [1.29, 1.82) is 5.26 Å². The van der Waals surface area contributed by atoms with Crippen LogP contribution in [0.3, 0.4) is 0 Å². The molecular formula is C13H17N3O2. The van der Waals surface area contributed by atoms with E-state index in [9.17, 15) is 10.1 Å². The normalized spacial score (nSPS) is 11.7. The van der Waals surface area contributed by atoms with Gasteiger partial charge in [0, 0.05) is 19.2 Å². The minimum atomic E-state index is -0.373. The Hall–Kier alpha value is -2.09. The van der Waals surface area contributed by atoms with Crippen LogP contribution in [0.5, 0.6) is 0 Å². The summed E-state index contributed by atoms with van der Waals surface area (Å²) in [6.45, 7) is 6.73. The van der Waals surface area contributed by atoms with Crippen LogP contribution in [0.1, 0.15) is 19.4 Å². The van der Waals surface area contributed by atoms with E-state index in [0.29, 0.717) is 18.8 Å². The van der Waals surface area contributed by atoms with Crippen molar-refractivity contribution in [3.8, 4) is 6.07 Å². The van der Waals surface area contributed by atoms with E-state index < -0.39 is 0 Å². The maximum atomic E-state index is 11.1. The quantitative estimate of drug-likeness (QED) is 0.592. The molecule has 0 aliphatic heterocycles. The van der Waals surface area contributed by atoms with Crippen molar-refractivity contribution < 1.29 is 4.92 Å². The number of aryl methyl sites for hydroxylation is 1. The third-order valence-corrected chi connectivity index (χ3v) is 2.83. The van der Waals surface area contributed by atoms with Crippen molar-refractivity contribution >= 4 is 11.4 Å². The highest BCUT2D eigenvalue weighted by atomic mass is 16.6. The van der Waals surface area contributed by atoms with Gasteiger partial charge in [-0.05, 0) is 26.3 Å². The topological polar surface area (TPSA) is 70.2 Å². The van der Waals surface area contributed by atoms with Gasteiger partial charge >= 0.3 is 0 Å². The van der Waals surface area contributed by atoms with Crippen molar-refractivity contribution in [3.63, 3.8) is 0 Å². The van der Waals surface area contributed by atoms with Gasteiger partial charge in [0.05, 0.1) is 16.9 Å². The first-order valence-corrected chi connectivity index (χ1v) is 5.89. The molecule has 0 radical (unpaired) electrons. The molecule has 0 saturated heterocycles. The van der Waals surface area contributed by atoms with Gasteiger partial charge in [0.2, 0.25) is 0 Å². The Morgan fingerprint density at radius 2 is 2.22 bits per heavy atom. The van der Waals surface area contributed by atoms with Crippen LogP contribution in [0.15, 0.2) is 18.2 Å². The number of nitro groups is 1. The fourth-order valence-corrected chi connectivity index (χ4v) is 1.95. The van der Waals surface area contributed by atoms with Crippen LogP contribution in [-0.4, -0.2) is 18.0 Å². The number of nitrogens with zero attached hydrogens (tertiary/aromatic N) is 3. The van der Waals surface area contributed by atoms with E-state index >= 15 is 0 Å². The van der Waals surface area contributed by atoms with Crippen LogP contribution in [0.2, 0.25) is 0 Å². The van der Waals surface area contributed by atoms with Crippen molar-refractivity contribution in [1.82, 2.24) is 0 Å². The van der Waals surface area contributed by atoms with Crippen LogP contribution in [0, 0.1) is 34.3 Å². The first kappa shape index (κ1) is 14.0. The van der Waals surface area contributed by atoms with Gasteiger partial charge in [0.25, 0.3) is 5.69 Å². The molecule has 1 aromatic rings. The zero-order valence-corrected chi connectivity index (χ0v) is 10.9. The summed E-state index contributed by atoms with van der Waals surface area (Å²) in [6.07, 6.45) is 0. The van der Waals surface area contributed by atoms with Crippen molar-refractivity contribution in [3.05, 3.63) is 33.9 Å².